The van der Waals surface area contributed by atoms with Crippen LogP contribution in [-0.4, -0.2) is 10.8 Å². The molecule has 0 aliphatic heterocycles. The van der Waals surface area contributed by atoms with Crippen molar-refractivity contribution in [2.24, 2.45) is 5.73 Å². The van der Waals surface area contributed by atoms with Crippen LogP contribution in [0.2, 0.25) is 0 Å². The van der Waals surface area contributed by atoms with Crippen molar-refractivity contribution in [3.8, 4) is 0 Å². The smallest absolute Gasteiger partial charge is 0.241 e. The third-order valence-corrected chi connectivity index (χ3v) is 2.26. The Morgan fingerprint density at radius 2 is 1.89 bits per heavy atom. The molecule has 1 fully saturated rings. The minimum atomic E-state index is -0.679. The molecule has 0 saturated heterocycles. The molecule has 1 rings (SSSR count). The molecule has 0 atom stereocenters. The van der Waals surface area contributed by atoms with Crippen molar-refractivity contribution in [2.75, 3.05) is 0 Å². The highest BCUT2D eigenvalue weighted by atomic mass is 35.5. The van der Waals surface area contributed by atoms with Crippen molar-refractivity contribution in [1.29, 1.82) is 0 Å². The van der Waals surface area contributed by atoms with Crippen LogP contribution in [0.5, 0.6) is 0 Å². The van der Waals surface area contributed by atoms with Gasteiger partial charge in [-0.25, -0.2) is 0 Å². The van der Waals surface area contributed by atoms with Crippen molar-refractivity contribution in [3.05, 3.63) is 0 Å². The molecule has 2 nitrogen and oxygen atoms in total. The second-order valence-corrected chi connectivity index (χ2v) is 2.98. The van der Waals surface area contributed by atoms with Crippen molar-refractivity contribution in [3.63, 3.8) is 0 Å². The Labute approximate surface area is 59.4 Å². The average molecular weight is 148 g/mol. The van der Waals surface area contributed by atoms with Crippen LogP contribution in [0.3, 0.4) is 0 Å². The van der Waals surface area contributed by atoms with E-state index in [1.54, 1.807) is 0 Å². The number of hydrogen-bond acceptors (Lipinski definition) is 2. The lowest BCUT2D eigenvalue weighted by atomic mass is 10.0. The quantitative estimate of drug-likeness (QED) is 0.563. The highest BCUT2D eigenvalue weighted by Crippen LogP contribution is 2.28. The lowest BCUT2D eigenvalue weighted by molar-refractivity contribution is -0.116. The van der Waals surface area contributed by atoms with E-state index in [1.807, 2.05) is 0 Å². The lowest BCUT2D eigenvalue weighted by Crippen LogP contribution is -2.42. The molecule has 0 aromatic rings. The molecule has 2 N–H and O–H groups in total. The summed E-state index contributed by atoms with van der Waals surface area (Å²) < 4.78 is 0. The molecule has 0 heterocycles. The first kappa shape index (κ1) is 7.03. The van der Waals surface area contributed by atoms with E-state index in [2.05, 4.69) is 0 Å². The van der Waals surface area contributed by atoms with Gasteiger partial charge in [-0.05, 0) is 24.4 Å². The third-order valence-electron chi connectivity index (χ3n) is 1.89. The van der Waals surface area contributed by atoms with Gasteiger partial charge in [0.15, 0.2) is 0 Å². The lowest BCUT2D eigenvalue weighted by Gasteiger charge is -2.16. The summed E-state index contributed by atoms with van der Waals surface area (Å²) >= 11 is 5.26. The van der Waals surface area contributed by atoms with Crippen molar-refractivity contribution in [1.82, 2.24) is 0 Å². The van der Waals surface area contributed by atoms with Crippen LogP contribution in [0.25, 0.3) is 0 Å². The number of carbonyl (C=O) groups is 1. The molecule has 1 aliphatic rings. The minimum Gasteiger partial charge on any atom is -0.318 e. The van der Waals surface area contributed by atoms with Gasteiger partial charge in [-0.2, -0.15) is 0 Å². The fourth-order valence-corrected chi connectivity index (χ4v) is 1.39. The van der Waals surface area contributed by atoms with Crippen LogP contribution in [0, 0.1) is 0 Å². The zero-order valence-electron chi connectivity index (χ0n) is 5.19. The van der Waals surface area contributed by atoms with Gasteiger partial charge in [0.25, 0.3) is 0 Å². The van der Waals surface area contributed by atoms with Crippen LogP contribution in [0.4, 0.5) is 0 Å². The van der Waals surface area contributed by atoms with E-state index in [0.717, 1.165) is 25.7 Å². The Kier molecular flexibility index (Phi) is 1.78. The van der Waals surface area contributed by atoms with Crippen LogP contribution in [0.15, 0.2) is 0 Å². The molecule has 1 saturated carbocycles. The summed E-state index contributed by atoms with van der Waals surface area (Å²) in [5.74, 6) is 0. The number of hydrogen-bond donors (Lipinski definition) is 1. The molecule has 0 radical (unpaired) electrons. The molecule has 0 spiro atoms. The van der Waals surface area contributed by atoms with E-state index >= 15 is 0 Å². The monoisotopic (exact) mass is 147 g/mol. The molecule has 0 aromatic heterocycles. The first-order valence-electron chi connectivity index (χ1n) is 3.14. The van der Waals surface area contributed by atoms with E-state index in [0.29, 0.717) is 0 Å². The molecule has 0 amide bonds. The summed E-state index contributed by atoms with van der Waals surface area (Å²) in [6, 6.07) is 0. The summed E-state index contributed by atoms with van der Waals surface area (Å²) in [5, 5.41) is -0.375. The molecular formula is C6H10ClNO. The molecule has 0 unspecified atom stereocenters. The average Bonchev–Trinajstić information content (AvgIpc) is 2.16. The zero-order valence-corrected chi connectivity index (χ0v) is 5.95. The third kappa shape index (κ3) is 1.25. The van der Waals surface area contributed by atoms with Gasteiger partial charge in [0.2, 0.25) is 5.24 Å². The largest absolute Gasteiger partial charge is 0.318 e. The van der Waals surface area contributed by atoms with E-state index < -0.39 is 5.54 Å². The number of rotatable bonds is 1. The predicted octanol–water partition coefficient (Wildman–Crippen LogP) is 1.02. The Balaban J connectivity index is 2.61. The predicted molar refractivity (Wildman–Crippen MR) is 36.2 cm³/mol. The SMILES string of the molecule is NC1(C(=O)Cl)CCCC1. The summed E-state index contributed by atoms with van der Waals surface area (Å²) in [5.41, 5.74) is 4.94. The van der Waals surface area contributed by atoms with Crippen LogP contribution < -0.4 is 5.73 Å². The van der Waals surface area contributed by atoms with E-state index in [4.69, 9.17) is 17.3 Å². The van der Waals surface area contributed by atoms with Gasteiger partial charge in [0.1, 0.15) is 0 Å². The van der Waals surface area contributed by atoms with Crippen molar-refractivity contribution < 1.29 is 4.79 Å². The first-order valence-corrected chi connectivity index (χ1v) is 3.52. The van der Waals surface area contributed by atoms with Gasteiger partial charge in [0, 0.05) is 0 Å². The number of carbonyl (C=O) groups excluding carboxylic acids is 1. The topological polar surface area (TPSA) is 43.1 Å². The summed E-state index contributed by atoms with van der Waals surface area (Å²) in [7, 11) is 0. The standard InChI is InChI=1S/C6H10ClNO/c7-5(9)6(8)3-1-2-4-6/h1-4,8H2. The van der Waals surface area contributed by atoms with Gasteiger partial charge in [-0.1, -0.05) is 12.8 Å². The number of halogens is 1. The summed E-state index contributed by atoms with van der Waals surface area (Å²) in [6.07, 6.45) is 3.59. The van der Waals surface area contributed by atoms with Crippen LogP contribution >= 0.6 is 11.6 Å². The van der Waals surface area contributed by atoms with Crippen LogP contribution in [0.1, 0.15) is 25.7 Å². The highest BCUT2D eigenvalue weighted by Gasteiger charge is 2.35. The van der Waals surface area contributed by atoms with Crippen molar-refractivity contribution in [2.45, 2.75) is 31.2 Å². The maximum atomic E-state index is 10.6. The van der Waals surface area contributed by atoms with E-state index in [9.17, 15) is 4.79 Å². The Morgan fingerprint density at radius 3 is 2.11 bits per heavy atom. The maximum absolute atomic E-state index is 10.6. The van der Waals surface area contributed by atoms with Gasteiger partial charge in [-0.15, -0.1) is 0 Å². The highest BCUT2D eigenvalue weighted by molar-refractivity contribution is 6.65. The second kappa shape index (κ2) is 2.27. The van der Waals surface area contributed by atoms with Gasteiger partial charge in [-0.3, -0.25) is 4.79 Å². The van der Waals surface area contributed by atoms with Gasteiger partial charge in [0.05, 0.1) is 5.54 Å². The molecule has 52 valence electrons. The van der Waals surface area contributed by atoms with E-state index in [-0.39, 0.29) is 5.24 Å². The van der Waals surface area contributed by atoms with Gasteiger partial charge >= 0.3 is 0 Å². The fourth-order valence-electron chi connectivity index (χ4n) is 1.20. The minimum absolute atomic E-state index is 0.375. The zero-order chi connectivity index (χ0) is 6.91. The van der Waals surface area contributed by atoms with Crippen LogP contribution in [-0.2, 0) is 4.79 Å². The maximum Gasteiger partial charge on any atom is 0.241 e. The molecule has 1 aliphatic carbocycles. The van der Waals surface area contributed by atoms with Crippen molar-refractivity contribution >= 4 is 16.8 Å². The second-order valence-electron chi connectivity index (χ2n) is 2.64. The molecular weight excluding hydrogens is 138 g/mol. The molecule has 9 heavy (non-hydrogen) atoms. The molecule has 0 aromatic carbocycles. The first-order chi connectivity index (χ1) is 4.15. The summed E-state index contributed by atoms with van der Waals surface area (Å²) in [4.78, 5) is 10.6. The fraction of sp³-hybridized carbons (Fsp3) is 0.833. The summed E-state index contributed by atoms with van der Waals surface area (Å²) in [6.45, 7) is 0. The molecule has 3 heteroatoms. The van der Waals surface area contributed by atoms with Gasteiger partial charge < -0.3 is 5.73 Å². The Morgan fingerprint density at radius 1 is 1.44 bits per heavy atom. The number of nitrogens with two attached hydrogens (primary N) is 1. The molecule has 0 bridgehead atoms. The normalized spacial score (nSPS) is 24.2. The Hall–Kier alpha value is -0.0800. The Bertz CT molecular complexity index is 129. The van der Waals surface area contributed by atoms with E-state index in [1.165, 1.54) is 0 Å².